The molecule has 1 aliphatic rings. The number of nitrogens with one attached hydrogen (secondary N) is 1. The van der Waals surface area contributed by atoms with Crippen LogP contribution in [0.15, 0.2) is 23.2 Å². The molecular weight excluding hydrogens is 322 g/mol. The van der Waals surface area contributed by atoms with E-state index in [0.29, 0.717) is 37.2 Å². The van der Waals surface area contributed by atoms with Crippen molar-refractivity contribution in [2.24, 2.45) is 10.7 Å². The highest BCUT2D eigenvalue weighted by atomic mass is 16.5. The van der Waals surface area contributed by atoms with Gasteiger partial charge in [-0.1, -0.05) is 6.07 Å². The molecular formula is C18H29N3O4. The first-order chi connectivity index (χ1) is 12.2. The monoisotopic (exact) mass is 351 g/mol. The number of nitrogens with two attached hydrogens (primary N) is 1. The van der Waals surface area contributed by atoms with Crippen molar-refractivity contribution in [1.29, 1.82) is 0 Å². The van der Waals surface area contributed by atoms with Gasteiger partial charge < -0.3 is 30.0 Å². The van der Waals surface area contributed by atoms with E-state index in [1.165, 1.54) is 0 Å². The first kappa shape index (κ1) is 19.3. The molecule has 0 spiro atoms. The van der Waals surface area contributed by atoms with Crippen molar-refractivity contribution in [2.45, 2.75) is 31.9 Å². The fourth-order valence-electron chi connectivity index (χ4n) is 2.59. The van der Waals surface area contributed by atoms with E-state index in [9.17, 15) is 0 Å². The van der Waals surface area contributed by atoms with Crippen LogP contribution in [0.2, 0.25) is 0 Å². The van der Waals surface area contributed by atoms with E-state index in [1.807, 2.05) is 18.2 Å². The Bertz CT molecular complexity index is 545. The third-order valence-electron chi connectivity index (χ3n) is 3.98. The maximum atomic E-state index is 5.88. The Morgan fingerprint density at radius 2 is 2.16 bits per heavy atom. The van der Waals surface area contributed by atoms with Gasteiger partial charge in [0, 0.05) is 19.8 Å². The van der Waals surface area contributed by atoms with Gasteiger partial charge in [-0.3, -0.25) is 0 Å². The average Bonchev–Trinajstić information content (AvgIpc) is 3.16. The van der Waals surface area contributed by atoms with Gasteiger partial charge in [0.1, 0.15) is 0 Å². The van der Waals surface area contributed by atoms with Crippen molar-refractivity contribution in [2.75, 3.05) is 40.6 Å². The summed E-state index contributed by atoms with van der Waals surface area (Å²) in [6.45, 7) is 3.45. The molecule has 0 radical (unpaired) electrons. The molecule has 7 heteroatoms. The molecule has 1 aromatic carbocycles. The highest BCUT2D eigenvalue weighted by molar-refractivity contribution is 5.77. The van der Waals surface area contributed by atoms with Crippen molar-refractivity contribution in [3.63, 3.8) is 0 Å². The standard InChI is InChI=1S/C18H29N3O4/c1-22-16-7-6-14(11-17(16)23-2)12-21-18(19)20-8-4-9-24-13-15-5-3-10-25-15/h6-7,11,15H,3-5,8-10,12-13H2,1-2H3,(H3,19,20,21). The van der Waals surface area contributed by atoms with E-state index >= 15 is 0 Å². The summed E-state index contributed by atoms with van der Waals surface area (Å²) >= 11 is 0. The molecule has 2 rings (SSSR count). The highest BCUT2D eigenvalue weighted by Gasteiger charge is 2.14. The number of methoxy groups -OCH3 is 2. The minimum Gasteiger partial charge on any atom is -0.493 e. The Morgan fingerprint density at radius 3 is 2.88 bits per heavy atom. The molecule has 1 fully saturated rings. The summed E-state index contributed by atoms with van der Waals surface area (Å²) in [6.07, 6.45) is 3.40. The average molecular weight is 351 g/mol. The van der Waals surface area contributed by atoms with E-state index in [2.05, 4.69) is 10.3 Å². The molecule has 0 saturated carbocycles. The summed E-state index contributed by atoms with van der Waals surface area (Å²) in [5.74, 6) is 1.81. The number of guanidine groups is 1. The molecule has 0 bridgehead atoms. The zero-order valence-electron chi connectivity index (χ0n) is 15.1. The lowest BCUT2D eigenvalue weighted by atomic mass is 10.2. The van der Waals surface area contributed by atoms with Gasteiger partial charge in [0.25, 0.3) is 0 Å². The van der Waals surface area contributed by atoms with Gasteiger partial charge >= 0.3 is 0 Å². The SMILES string of the molecule is COc1ccc(CN=C(N)NCCCOCC2CCCO2)cc1OC. The van der Waals surface area contributed by atoms with Crippen LogP contribution in [0.3, 0.4) is 0 Å². The van der Waals surface area contributed by atoms with Crippen LogP contribution in [0.1, 0.15) is 24.8 Å². The molecule has 1 aliphatic heterocycles. The Hall–Kier alpha value is -1.99. The topological polar surface area (TPSA) is 87.3 Å². The quantitative estimate of drug-likeness (QED) is 0.379. The van der Waals surface area contributed by atoms with Crippen LogP contribution in [0, 0.1) is 0 Å². The van der Waals surface area contributed by atoms with E-state index in [0.717, 1.165) is 38.0 Å². The predicted molar refractivity (Wildman–Crippen MR) is 97.3 cm³/mol. The van der Waals surface area contributed by atoms with Crippen LogP contribution in [-0.2, 0) is 16.0 Å². The largest absolute Gasteiger partial charge is 0.493 e. The van der Waals surface area contributed by atoms with E-state index in [4.69, 9.17) is 24.7 Å². The second-order valence-electron chi connectivity index (χ2n) is 5.88. The number of ether oxygens (including phenoxy) is 4. The predicted octanol–water partition coefficient (Wildman–Crippen LogP) is 1.69. The smallest absolute Gasteiger partial charge is 0.188 e. The lowest BCUT2D eigenvalue weighted by Gasteiger charge is -2.11. The summed E-state index contributed by atoms with van der Waals surface area (Å²) in [5.41, 5.74) is 6.89. The fourth-order valence-corrected chi connectivity index (χ4v) is 2.59. The van der Waals surface area contributed by atoms with Crippen LogP contribution in [0.4, 0.5) is 0 Å². The number of aliphatic imine (C=N–C) groups is 1. The molecule has 0 aromatic heterocycles. The molecule has 1 heterocycles. The van der Waals surface area contributed by atoms with Gasteiger partial charge in [0.05, 0.1) is 33.5 Å². The molecule has 25 heavy (non-hydrogen) atoms. The van der Waals surface area contributed by atoms with Crippen LogP contribution in [-0.4, -0.2) is 52.6 Å². The molecule has 3 N–H and O–H groups in total. The summed E-state index contributed by atoms with van der Waals surface area (Å²) in [4.78, 5) is 4.33. The Labute approximate surface area is 149 Å². The van der Waals surface area contributed by atoms with Crippen LogP contribution >= 0.6 is 0 Å². The van der Waals surface area contributed by atoms with Crippen molar-refractivity contribution in [1.82, 2.24) is 5.32 Å². The first-order valence-corrected chi connectivity index (χ1v) is 8.67. The number of hydrogen-bond acceptors (Lipinski definition) is 5. The minimum atomic E-state index is 0.279. The Kier molecular flexibility index (Phi) is 8.34. The van der Waals surface area contributed by atoms with Gasteiger partial charge in [0.2, 0.25) is 0 Å². The second kappa shape index (κ2) is 10.8. The molecule has 1 aromatic rings. The fraction of sp³-hybridized carbons (Fsp3) is 0.611. The molecule has 7 nitrogen and oxygen atoms in total. The van der Waals surface area contributed by atoms with Crippen LogP contribution in [0.25, 0.3) is 0 Å². The molecule has 0 amide bonds. The molecule has 1 saturated heterocycles. The molecule has 1 unspecified atom stereocenters. The summed E-state index contributed by atoms with van der Waals surface area (Å²) in [7, 11) is 3.23. The van der Waals surface area contributed by atoms with Gasteiger partial charge in [-0.05, 0) is 37.0 Å². The van der Waals surface area contributed by atoms with E-state index in [1.54, 1.807) is 14.2 Å². The van der Waals surface area contributed by atoms with Crippen LogP contribution < -0.4 is 20.5 Å². The number of nitrogens with zero attached hydrogens (tertiary/aromatic N) is 1. The zero-order chi connectivity index (χ0) is 17.9. The van der Waals surface area contributed by atoms with E-state index < -0.39 is 0 Å². The van der Waals surface area contributed by atoms with Crippen molar-refractivity contribution in [3.05, 3.63) is 23.8 Å². The van der Waals surface area contributed by atoms with Crippen molar-refractivity contribution >= 4 is 5.96 Å². The van der Waals surface area contributed by atoms with Gasteiger partial charge in [-0.15, -0.1) is 0 Å². The second-order valence-corrected chi connectivity index (χ2v) is 5.88. The maximum absolute atomic E-state index is 5.88. The number of rotatable bonds is 10. The maximum Gasteiger partial charge on any atom is 0.188 e. The van der Waals surface area contributed by atoms with Gasteiger partial charge in [-0.25, -0.2) is 4.99 Å². The highest BCUT2D eigenvalue weighted by Crippen LogP contribution is 2.27. The third-order valence-corrected chi connectivity index (χ3v) is 3.98. The molecule has 1 atom stereocenters. The van der Waals surface area contributed by atoms with Crippen LogP contribution in [0.5, 0.6) is 11.5 Å². The van der Waals surface area contributed by atoms with Gasteiger partial charge in [-0.2, -0.15) is 0 Å². The zero-order valence-corrected chi connectivity index (χ0v) is 15.1. The number of hydrogen-bond donors (Lipinski definition) is 2. The van der Waals surface area contributed by atoms with Gasteiger partial charge in [0.15, 0.2) is 17.5 Å². The van der Waals surface area contributed by atoms with E-state index in [-0.39, 0.29) is 6.10 Å². The lowest BCUT2D eigenvalue weighted by molar-refractivity contribution is 0.0168. The summed E-state index contributed by atoms with van der Waals surface area (Å²) < 4.78 is 21.6. The first-order valence-electron chi connectivity index (χ1n) is 8.67. The Balaban J connectivity index is 1.62. The lowest BCUT2D eigenvalue weighted by Crippen LogP contribution is -2.33. The Morgan fingerprint density at radius 1 is 1.32 bits per heavy atom. The third kappa shape index (κ3) is 6.80. The molecule has 0 aliphatic carbocycles. The molecule has 140 valence electrons. The normalized spacial score (nSPS) is 17.5. The number of benzene rings is 1. The minimum absolute atomic E-state index is 0.279. The summed E-state index contributed by atoms with van der Waals surface area (Å²) in [6, 6.07) is 5.70. The summed E-state index contributed by atoms with van der Waals surface area (Å²) in [5, 5.41) is 3.09. The van der Waals surface area contributed by atoms with Crippen molar-refractivity contribution in [3.8, 4) is 11.5 Å². The van der Waals surface area contributed by atoms with Crippen molar-refractivity contribution < 1.29 is 18.9 Å².